The Kier molecular flexibility index (Phi) is 39.8. The molecule has 1 heterocycles. The number of allylic oxidation sites excluding steroid dienone is 8. The van der Waals surface area contributed by atoms with Crippen LogP contribution in [0.4, 0.5) is 0 Å². The Labute approximate surface area is 369 Å². The summed E-state index contributed by atoms with van der Waals surface area (Å²) < 4.78 is 20.4. The van der Waals surface area contributed by atoms with Crippen LogP contribution in [0.15, 0.2) is 48.6 Å². The first kappa shape index (κ1) is 55.8. The van der Waals surface area contributed by atoms with Crippen LogP contribution in [-0.2, 0) is 14.2 Å². The summed E-state index contributed by atoms with van der Waals surface area (Å²) in [5.41, 5.74) is 0. The van der Waals surface area contributed by atoms with Crippen LogP contribution in [0.5, 0.6) is 0 Å². The van der Waals surface area contributed by atoms with Gasteiger partial charge >= 0.3 is 0 Å². The molecule has 0 amide bonds. The van der Waals surface area contributed by atoms with E-state index in [2.05, 4.69) is 101 Å². The first-order chi connectivity index (χ1) is 28.9. The second-order valence-electron chi connectivity index (χ2n) is 18.4. The van der Waals surface area contributed by atoms with Crippen LogP contribution in [0.3, 0.4) is 0 Å². The average Bonchev–Trinajstić information content (AvgIpc) is 3.57. The average molecular weight is 827 g/mol. The highest BCUT2D eigenvalue weighted by molar-refractivity contribution is 4.94. The van der Waals surface area contributed by atoms with Crippen molar-refractivity contribution in [3.8, 4) is 0 Å². The van der Waals surface area contributed by atoms with Gasteiger partial charge in [0.05, 0.1) is 12.2 Å². The molecule has 1 aliphatic heterocycles. The lowest BCUT2D eigenvalue weighted by atomic mass is 9.98. The van der Waals surface area contributed by atoms with Gasteiger partial charge in [0.1, 0.15) is 0 Å². The molecule has 1 N–H and O–H groups in total. The normalized spacial score (nSPS) is 17.2. The monoisotopic (exact) mass is 827 g/mol. The second kappa shape index (κ2) is 42.1. The smallest absolute Gasteiger partial charge is 0.169 e. The number of unbranched alkanes of at least 4 members (excludes halogenated alkanes) is 21. The maximum Gasteiger partial charge on any atom is 0.169 e. The standard InChI is InChI=1S/C54H102N2O3/c1-7-9-11-13-15-17-19-21-23-25-27-29-31-33-35-39-45-54(46-40-36-34-32-30-28-26-24-22-20-18-16-14-12-10-8-2)58-52(43-48-56(5)6)53(59-54)44-50-57-49-42-38-37-41-47-55-51(3)4/h15-18,21-24,51-53,55H,7-14,19-20,25-50H2,1-6H3/b17-15-,18-16-,23-21-,24-22-. The first-order valence-electron chi connectivity index (χ1n) is 25.8. The Balaban J connectivity index is 2.53. The Hall–Kier alpha value is -1.24. The summed E-state index contributed by atoms with van der Waals surface area (Å²) in [6, 6.07) is 0.580. The fourth-order valence-electron chi connectivity index (χ4n) is 8.11. The third-order valence-corrected chi connectivity index (χ3v) is 11.8. The number of nitrogens with zero attached hydrogens (tertiary/aromatic N) is 1. The van der Waals surface area contributed by atoms with Crippen molar-refractivity contribution >= 4 is 0 Å². The van der Waals surface area contributed by atoms with Crippen molar-refractivity contribution in [1.29, 1.82) is 0 Å². The van der Waals surface area contributed by atoms with Gasteiger partial charge in [0.25, 0.3) is 0 Å². The third-order valence-electron chi connectivity index (χ3n) is 11.8. The van der Waals surface area contributed by atoms with Crippen LogP contribution >= 0.6 is 0 Å². The minimum atomic E-state index is -0.420. The van der Waals surface area contributed by atoms with Gasteiger partial charge in [-0.3, -0.25) is 0 Å². The highest BCUT2D eigenvalue weighted by Crippen LogP contribution is 2.40. The summed E-state index contributed by atoms with van der Waals surface area (Å²) in [6.45, 7) is 12.8. The van der Waals surface area contributed by atoms with E-state index >= 15 is 0 Å². The predicted octanol–water partition coefficient (Wildman–Crippen LogP) is 15.8. The lowest BCUT2D eigenvalue weighted by molar-refractivity contribution is -0.188. The molecule has 0 saturated carbocycles. The summed E-state index contributed by atoms with van der Waals surface area (Å²) in [4.78, 5) is 2.29. The molecule has 5 nitrogen and oxygen atoms in total. The van der Waals surface area contributed by atoms with E-state index in [4.69, 9.17) is 14.2 Å². The predicted molar refractivity (Wildman–Crippen MR) is 261 cm³/mol. The van der Waals surface area contributed by atoms with Crippen molar-refractivity contribution in [2.24, 2.45) is 0 Å². The Morgan fingerprint density at radius 3 is 1.41 bits per heavy atom. The van der Waals surface area contributed by atoms with Crippen LogP contribution in [0, 0.1) is 0 Å². The van der Waals surface area contributed by atoms with Crippen LogP contribution in [-0.4, -0.2) is 69.3 Å². The molecule has 5 heteroatoms. The SMILES string of the molecule is CCCCC/C=C\C/C=C\CCCCCCCCC1(CCCCCCCC/C=C\C/C=C\CCCCC)OC(CCOCCCCCCNC(C)C)C(CCN(C)C)O1. The molecule has 346 valence electrons. The fourth-order valence-corrected chi connectivity index (χ4v) is 8.11. The zero-order chi connectivity index (χ0) is 42.8. The van der Waals surface area contributed by atoms with E-state index in [9.17, 15) is 0 Å². The van der Waals surface area contributed by atoms with Crippen LogP contribution in [0.1, 0.15) is 233 Å². The maximum atomic E-state index is 7.08. The van der Waals surface area contributed by atoms with E-state index in [1.165, 1.54) is 161 Å². The fraction of sp³-hybridized carbons (Fsp3) is 0.852. The van der Waals surface area contributed by atoms with Gasteiger partial charge in [-0.1, -0.05) is 166 Å². The van der Waals surface area contributed by atoms with E-state index < -0.39 is 5.79 Å². The van der Waals surface area contributed by atoms with Crippen LogP contribution in [0.25, 0.3) is 0 Å². The summed E-state index contributed by atoms with van der Waals surface area (Å²) in [6.07, 6.45) is 58.8. The van der Waals surface area contributed by atoms with Crippen molar-refractivity contribution in [3.63, 3.8) is 0 Å². The zero-order valence-corrected chi connectivity index (χ0v) is 40.5. The number of nitrogens with one attached hydrogen (secondary N) is 1. The molecule has 0 radical (unpaired) electrons. The zero-order valence-electron chi connectivity index (χ0n) is 40.5. The Bertz CT molecular complexity index is 940. The molecule has 0 aromatic rings. The Morgan fingerprint density at radius 1 is 0.508 bits per heavy atom. The van der Waals surface area contributed by atoms with Gasteiger partial charge in [0.2, 0.25) is 0 Å². The molecule has 0 aromatic heterocycles. The maximum absolute atomic E-state index is 7.08. The molecule has 59 heavy (non-hydrogen) atoms. The highest BCUT2D eigenvalue weighted by Gasteiger charge is 2.46. The van der Waals surface area contributed by atoms with Gasteiger partial charge in [-0.2, -0.15) is 0 Å². The molecule has 1 rings (SSSR count). The van der Waals surface area contributed by atoms with Crippen molar-refractivity contribution in [1.82, 2.24) is 10.2 Å². The van der Waals surface area contributed by atoms with E-state index in [0.717, 1.165) is 71.2 Å². The lowest BCUT2D eigenvalue weighted by Crippen LogP contribution is -2.31. The third kappa shape index (κ3) is 36.0. The molecular weight excluding hydrogens is 725 g/mol. The number of hydrogen-bond acceptors (Lipinski definition) is 5. The first-order valence-corrected chi connectivity index (χ1v) is 25.8. The molecule has 0 spiro atoms. The summed E-state index contributed by atoms with van der Waals surface area (Å²) >= 11 is 0. The molecular formula is C54H102N2O3. The molecule has 1 saturated heterocycles. The molecule has 2 unspecified atom stereocenters. The molecule has 0 bridgehead atoms. The van der Waals surface area contributed by atoms with E-state index in [-0.39, 0.29) is 12.2 Å². The minimum Gasteiger partial charge on any atom is -0.381 e. The van der Waals surface area contributed by atoms with E-state index in [1.54, 1.807) is 0 Å². The minimum absolute atomic E-state index is 0.131. The number of ether oxygens (including phenoxy) is 3. The summed E-state index contributed by atoms with van der Waals surface area (Å²) in [5.74, 6) is -0.420. The summed E-state index contributed by atoms with van der Waals surface area (Å²) in [7, 11) is 4.35. The van der Waals surface area contributed by atoms with Gasteiger partial charge in [-0.25, -0.2) is 0 Å². The molecule has 1 aliphatic rings. The van der Waals surface area contributed by atoms with Crippen molar-refractivity contribution in [3.05, 3.63) is 48.6 Å². The van der Waals surface area contributed by atoms with Crippen molar-refractivity contribution in [2.75, 3.05) is 40.4 Å². The quantitative estimate of drug-likeness (QED) is 0.0490. The van der Waals surface area contributed by atoms with Gasteiger partial charge in [-0.15, -0.1) is 0 Å². The largest absolute Gasteiger partial charge is 0.381 e. The van der Waals surface area contributed by atoms with E-state index in [0.29, 0.717) is 6.04 Å². The number of rotatable bonds is 44. The van der Waals surface area contributed by atoms with E-state index in [1.807, 2.05) is 0 Å². The van der Waals surface area contributed by atoms with Crippen LogP contribution in [0.2, 0.25) is 0 Å². The summed E-state index contributed by atoms with van der Waals surface area (Å²) in [5, 5.41) is 3.53. The van der Waals surface area contributed by atoms with Gasteiger partial charge < -0.3 is 24.4 Å². The molecule has 1 fully saturated rings. The van der Waals surface area contributed by atoms with Gasteiger partial charge in [0.15, 0.2) is 5.79 Å². The van der Waals surface area contributed by atoms with Crippen LogP contribution < -0.4 is 5.32 Å². The highest BCUT2D eigenvalue weighted by atomic mass is 16.8. The molecule has 0 aliphatic carbocycles. The number of hydrogen-bond donors (Lipinski definition) is 1. The molecule has 2 atom stereocenters. The topological polar surface area (TPSA) is 43.0 Å². The molecule has 0 aromatic carbocycles. The van der Waals surface area contributed by atoms with Crippen molar-refractivity contribution < 1.29 is 14.2 Å². The Morgan fingerprint density at radius 2 is 0.932 bits per heavy atom. The van der Waals surface area contributed by atoms with Crippen molar-refractivity contribution in [2.45, 2.75) is 257 Å². The second-order valence-corrected chi connectivity index (χ2v) is 18.4. The van der Waals surface area contributed by atoms with Gasteiger partial charge in [0, 0.05) is 38.6 Å². The van der Waals surface area contributed by atoms with Gasteiger partial charge in [-0.05, 0) is 123 Å². The lowest BCUT2D eigenvalue weighted by Gasteiger charge is -2.29.